The van der Waals surface area contributed by atoms with E-state index in [2.05, 4.69) is 15.7 Å². The van der Waals surface area contributed by atoms with Gasteiger partial charge in [-0.25, -0.2) is 0 Å². The largest absolute Gasteiger partial charge is 0.357 e. The van der Waals surface area contributed by atoms with Crippen molar-refractivity contribution in [2.75, 3.05) is 5.32 Å². The second kappa shape index (κ2) is 6.23. The SMILES string of the molecule is Cn1nccc1CNC(=S)Nc1cc(Cl)cc(Cl)c1. The molecule has 0 unspecified atom stereocenters. The summed E-state index contributed by atoms with van der Waals surface area (Å²) in [6.07, 6.45) is 1.74. The molecule has 1 aromatic heterocycles. The predicted molar refractivity (Wildman–Crippen MR) is 82.7 cm³/mol. The third-order valence-corrected chi connectivity index (χ3v) is 3.16. The van der Waals surface area contributed by atoms with E-state index in [-0.39, 0.29) is 0 Å². The van der Waals surface area contributed by atoms with Gasteiger partial charge in [-0.2, -0.15) is 5.10 Å². The molecule has 2 aromatic rings. The smallest absolute Gasteiger partial charge is 0.171 e. The van der Waals surface area contributed by atoms with Gasteiger partial charge in [0.15, 0.2) is 5.11 Å². The zero-order valence-electron chi connectivity index (χ0n) is 10.2. The fourth-order valence-electron chi connectivity index (χ4n) is 1.55. The van der Waals surface area contributed by atoms with Gasteiger partial charge in [-0.05, 0) is 36.5 Å². The molecule has 0 aliphatic heterocycles. The molecular formula is C12H12Cl2N4S. The number of hydrogen-bond donors (Lipinski definition) is 2. The molecule has 0 saturated heterocycles. The lowest BCUT2D eigenvalue weighted by Gasteiger charge is -2.11. The van der Waals surface area contributed by atoms with Crippen molar-refractivity contribution < 1.29 is 0 Å². The summed E-state index contributed by atoms with van der Waals surface area (Å²) in [6, 6.07) is 7.10. The first kappa shape index (κ1) is 14.1. The third-order valence-electron chi connectivity index (χ3n) is 2.47. The van der Waals surface area contributed by atoms with E-state index in [4.69, 9.17) is 35.4 Å². The first-order valence-corrected chi connectivity index (χ1v) is 6.69. The number of halogens is 2. The molecule has 100 valence electrons. The van der Waals surface area contributed by atoms with Crippen LogP contribution in [0.2, 0.25) is 10.0 Å². The Morgan fingerprint density at radius 3 is 2.58 bits per heavy atom. The van der Waals surface area contributed by atoms with E-state index < -0.39 is 0 Å². The molecule has 0 saturated carbocycles. The minimum atomic E-state index is 0.500. The highest BCUT2D eigenvalue weighted by Crippen LogP contribution is 2.22. The van der Waals surface area contributed by atoms with Gasteiger partial charge in [0.25, 0.3) is 0 Å². The standard InChI is InChI=1S/C12H12Cl2N4S/c1-18-11(2-3-16-18)7-15-12(19)17-10-5-8(13)4-9(14)6-10/h2-6H,7H2,1H3,(H2,15,17,19). The first-order valence-electron chi connectivity index (χ1n) is 5.52. The minimum Gasteiger partial charge on any atom is -0.357 e. The highest BCUT2D eigenvalue weighted by molar-refractivity contribution is 7.80. The van der Waals surface area contributed by atoms with Crippen LogP contribution in [0.4, 0.5) is 5.69 Å². The van der Waals surface area contributed by atoms with Gasteiger partial charge in [0.1, 0.15) is 0 Å². The van der Waals surface area contributed by atoms with Crippen molar-refractivity contribution in [2.24, 2.45) is 7.05 Å². The van der Waals surface area contributed by atoms with Crippen molar-refractivity contribution in [2.45, 2.75) is 6.54 Å². The summed E-state index contributed by atoms with van der Waals surface area (Å²) in [4.78, 5) is 0. The molecule has 0 spiro atoms. The molecule has 7 heteroatoms. The van der Waals surface area contributed by atoms with Gasteiger partial charge in [0.2, 0.25) is 0 Å². The molecule has 2 N–H and O–H groups in total. The quantitative estimate of drug-likeness (QED) is 0.854. The molecule has 0 fully saturated rings. The minimum absolute atomic E-state index is 0.500. The molecule has 0 amide bonds. The number of hydrogen-bond acceptors (Lipinski definition) is 2. The lowest BCUT2D eigenvalue weighted by Crippen LogP contribution is -2.28. The highest BCUT2D eigenvalue weighted by Gasteiger charge is 2.02. The number of aryl methyl sites for hydroxylation is 1. The Hall–Kier alpha value is -1.30. The van der Waals surface area contributed by atoms with E-state index in [0.29, 0.717) is 21.7 Å². The lowest BCUT2D eigenvalue weighted by molar-refractivity contribution is 0.695. The molecule has 0 atom stereocenters. The Kier molecular flexibility index (Phi) is 4.63. The van der Waals surface area contributed by atoms with Crippen LogP contribution < -0.4 is 10.6 Å². The monoisotopic (exact) mass is 314 g/mol. The molecule has 1 heterocycles. The zero-order chi connectivity index (χ0) is 13.8. The van der Waals surface area contributed by atoms with Crippen molar-refractivity contribution in [3.63, 3.8) is 0 Å². The van der Waals surface area contributed by atoms with Crippen LogP contribution in [-0.2, 0) is 13.6 Å². The Morgan fingerprint density at radius 1 is 1.32 bits per heavy atom. The van der Waals surface area contributed by atoms with Crippen LogP contribution in [0.5, 0.6) is 0 Å². The molecule has 0 aliphatic rings. The van der Waals surface area contributed by atoms with Crippen molar-refractivity contribution in [3.8, 4) is 0 Å². The molecule has 0 bridgehead atoms. The number of aromatic nitrogens is 2. The molecule has 4 nitrogen and oxygen atoms in total. The average Bonchev–Trinajstić information content (AvgIpc) is 2.71. The van der Waals surface area contributed by atoms with Crippen LogP contribution in [0, 0.1) is 0 Å². The Balaban J connectivity index is 1.92. The Bertz CT molecular complexity index is 577. The molecule has 19 heavy (non-hydrogen) atoms. The third kappa shape index (κ3) is 4.09. The summed E-state index contributed by atoms with van der Waals surface area (Å²) in [5, 5.41) is 11.8. The molecule has 0 aliphatic carbocycles. The summed E-state index contributed by atoms with van der Waals surface area (Å²) < 4.78 is 1.78. The zero-order valence-corrected chi connectivity index (χ0v) is 12.5. The van der Waals surface area contributed by atoms with Crippen molar-refractivity contribution in [1.29, 1.82) is 0 Å². The summed E-state index contributed by atoms with van der Waals surface area (Å²) >= 11 is 17.0. The Labute approximate surface area is 126 Å². The fraction of sp³-hybridized carbons (Fsp3) is 0.167. The van der Waals surface area contributed by atoms with E-state index >= 15 is 0 Å². The van der Waals surface area contributed by atoms with Gasteiger partial charge in [-0.3, -0.25) is 4.68 Å². The number of benzene rings is 1. The summed E-state index contributed by atoms with van der Waals surface area (Å²) in [7, 11) is 1.88. The molecule has 2 rings (SSSR count). The Morgan fingerprint density at radius 2 is 2.00 bits per heavy atom. The molecular weight excluding hydrogens is 303 g/mol. The van der Waals surface area contributed by atoms with Crippen molar-refractivity contribution in [3.05, 3.63) is 46.2 Å². The van der Waals surface area contributed by atoms with Gasteiger partial charge in [-0.1, -0.05) is 23.2 Å². The normalized spacial score (nSPS) is 10.3. The number of anilines is 1. The van der Waals surface area contributed by atoms with E-state index in [1.807, 2.05) is 13.1 Å². The average molecular weight is 315 g/mol. The van der Waals surface area contributed by atoms with Crippen molar-refractivity contribution >= 4 is 46.2 Å². The van der Waals surface area contributed by atoms with E-state index in [1.54, 1.807) is 29.1 Å². The van der Waals surface area contributed by atoms with Crippen molar-refractivity contribution in [1.82, 2.24) is 15.1 Å². The molecule has 0 radical (unpaired) electrons. The maximum Gasteiger partial charge on any atom is 0.171 e. The second-order valence-corrected chi connectivity index (χ2v) is 5.19. The van der Waals surface area contributed by atoms with E-state index in [9.17, 15) is 0 Å². The topological polar surface area (TPSA) is 41.9 Å². The van der Waals surface area contributed by atoms with E-state index in [1.165, 1.54) is 0 Å². The van der Waals surface area contributed by atoms with Crippen LogP contribution >= 0.6 is 35.4 Å². The predicted octanol–water partition coefficient (Wildman–Crippen LogP) is 3.21. The summed E-state index contributed by atoms with van der Waals surface area (Å²) in [5.74, 6) is 0. The number of thiocarbonyl (C=S) groups is 1. The first-order chi connectivity index (χ1) is 9.04. The maximum absolute atomic E-state index is 5.91. The van der Waals surface area contributed by atoms with E-state index in [0.717, 1.165) is 11.4 Å². The second-order valence-electron chi connectivity index (χ2n) is 3.91. The molecule has 1 aromatic carbocycles. The van der Waals surface area contributed by atoms with Crippen LogP contribution in [0.15, 0.2) is 30.5 Å². The summed E-state index contributed by atoms with van der Waals surface area (Å²) in [5.41, 5.74) is 1.79. The van der Waals surface area contributed by atoms with Crippen LogP contribution in [0.3, 0.4) is 0 Å². The van der Waals surface area contributed by atoms with Crippen LogP contribution in [-0.4, -0.2) is 14.9 Å². The number of rotatable bonds is 3. The highest BCUT2D eigenvalue weighted by atomic mass is 35.5. The number of nitrogens with zero attached hydrogens (tertiary/aromatic N) is 2. The number of nitrogens with one attached hydrogen (secondary N) is 2. The fourth-order valence-corrected chi connectivity index (χ4v) is 2.26. The van der Waals surface area contributed by atoms with Crippen LogP contribution in [0.1, 0.15) is 5.69 Å². The maximum atomic E-state index is 5.91. The van der Waals surface area contributed by atoms with Gasteiger partial charge in [0.05, 0.1) is 12.2 Å². The van der Waals surface area contributed by atoms with Gasteiger partial charge < -0.3 is 10.6 Å². The summed E-state index contributed by atoms with van der Waals surface area (Å²) in [6.45, 7) is 0.594. The van der Waals surface area contributed by atoms with Gasteiger partial charge >= 0.3 is 0 Å². The van der Waals surface area contributed by atoms with Gasteiger partial charge in [0, 0.05) is 29.0 Å². The van der Waals surface area contributed by atoms with Crippen LogP contribution in [0.25, 0.3) is 0 Å². The van der Waals surface area contributed by atoms with Gasteiger partial charge in [-0.15, -0.1) is 0 Å². The lowest BCUT2D eigenvalue weighted by atomic mass is 10.3.